The summed E-state index contributed by atoms with van der Waals surface area (Å²) in [6.07, 6.45) is 0.580. The van der Waals surface area contributed by atoms with Crippen LogP contribution in [0.15, 0.2) is 0 Å². The highest BCUT2D eigenvalue weighted by Crippen LogP contribution is 1.91. The molecular weight excluding hydrogens is 162 g/mol. The van der Waals surface area contributed by atoms with Gasteiger partial charge in [-0.25, -0.2) is 0 Å². The second kappa shape index (κ2) is 8.16. The van der Waals surface area contributed by atoms with Gasteiger partial charge < -0.3 is 19.6 Å². The van der Waals surface area contributed by atoms with Crippen molar-refractivity contribution in [2.45, 2.75) is 6.10 Å². The summed E-state index contributed by atoms with van der Waals surface area (Å²) < 4.78 is 15.1. The Bertz CT molecular complexity index is 78.2. The normalized spacial score (nSPS) is 10.9. The molecule has 0 heterocycles. The van der Waals surface area contributed by atoms with Gasteiger partial charge in [0.15, 0.2) is 0 Å². The van der Waals surface area contributed by atoms with Crippen molar-refractivity contribution in [3.05, 3.63) is 0 Å². The molecule has 0 rings (SSSR count). The van der Waals surface area contributed by atoms with Crippen LogP contribution in [0.5, 0.6) is 0 Å². The lowest BCUT2D eigenvalue weighted by atomic mass is 10.4. The summed E-state index contributed by atoms with van der Waals surface area (Å²) in [5, 5.41) is 0. The molecule has 5 heteroatoms. The van der Waals surface area contributed by atoms with E-state index in [1.54, 1.807) is 14.2 Å². The Morgan fingerprint density at radius 3 is 2.18 bits per heavy atom. The van der Waals surface area contributed by atoms with Crippen LogP contribution < -0.4 is 5.73 Å². The van der Waals surface area contributed by atoms with E-state index in [1.807, 2.05) is 0 Å². The van der Waals surface area contributed by atoms with Gasteiger partial charge in [-0.3, -0.25) is 0 Å². The van der Waals surface area contributed by atoms with Crippen LogP contribution in [0.4, 0.5) is 0 Å². The SMILES string of the molecule is COCC(COC)O[Si]CN. The molecule has 0 fully saturated rings. The van der Waals surface area contributed by atoms with Crippen LogP contribution in [0.2, 0.25) is 0 Å². The zero-order valence-corrected chi connectivity index (χ0v) is 8.00. The van der Waals surface area contributed by atoms with Crippen molar-refractivity contribution >= 4 is 9.76 Å². The molecule has 0 aromatic heterocycles. The van der Waals surface area contributed by atoms with E-state index < -0.39 is 0 Å². The molecule has 0 saturated heterocycles. The summed E-state index contributed by atoms with van der Waals surface area (Å²) >= 11 is 0. The first-order valence-corrected chi connectivity index (χ1v) is 4.53. The Morgan fingerprint density at radius 2 is 1.82 bits per heavy atom. The van der Waals surface area contributed by atoms with Crippen LogP contribution >= 0.6 is 0 Å². The van der Waals surface area contributed by atoms with Crippen LogP contribution in [-0.2, 0) is 13.9 Å². The average Bonchev–Trinajstić information content (AvgIpc) is 2.01. The lowest BCUT2D eigenvalue weighted by molar-refractivity contribution is 0.0261. The third-order valence-corrected chi connectivity index (χ3v) is 1.71. The number of methoxy groups -OCH3 is 2. The first-order valence-electron chi connectivity index (χ1n) is 3.41. The fraction of sp³-hybridized carbons (Fsp3) is 1.00. The number of rotatable bonds is 7. The summed E-state index contributed by atoms with van der Waals surface area (Å²) in [4.78, 5) is 0. The van der Waals surface area contributed by atoms with Crippen LogP contribution in [0.3, 0.4) is 0 Å². The molecule has 0 bridgehead atoms. The number of hydrogen-bond donors (Lipinski definition) is 1. The van der Waals surface area contributed by atoms with Crippen molar-refractivity contribution in [2.75, 3.05) is 33.6 Å². The van der Waals surface area contributed by atoms with Gasteiger partial charge in [-0.15, -0.1) is 0 Å². The standard InChI is InChI=1S/C6H15NO3Si/c1-8-3-6(4-9-2)10-11-5-7/h6H,3-5,7H2,1-2H3. The van der Waals surface area contributed by atoms with Gasteiger partial charge in [-0.05, 0) is 0 Å². The van der Waals surface area contributed by atoms with E-state index in [0.717, 1.165) is 0 Å². The lowest BCUT2D eigenvalue weighted by Gasteiger charge is -2.14. The molecule has 2 N–H and O–H groups in total. The minimum Gasteiger partial charge on any atom is -0.409 e. The fourth-order valence-electron chi connectivity index (χ4n) is 0.654. The largest absolute Gasteiger partial charge is 0.409 e. The van der Waals surface area contributed by atoms with Crippen molar-refractivity contribution < 1.29 is 13.9 Å². The van der Waals surface area contributed by atoms with Gasteiger partial charge >= 0.3 is 0 Å². The predicted molar refractivity (Wildman–Crippen MR) is 43.4 cm³/mol. The first kappa shape index (κ1) is 11.1. The monoisotopic (exact) mass is 177 g/mol. The summed E-state index contributed by atoms with van der Waals surface area (Å²) in [5.41, 5.74) is 5.27. The number of hydrogen-bond acceptors (Lipinski definition) is 4. The highest BCUT2D eigenvalue weighted by molar-refractivity contribution is 6.27. The Kier molecular flexibility index (Phi) is 8.20. The fourth-order valence-corrected chi connectivity index (χ4v) is 1.12. The first-order chi connectivity index (χ1) is 5.35. The van der Waals surface area contributed by atoms with Gasteiger partial charge in [0.2, 0.25) is 9.76 Å². The maximum Gasteiger partial charge on any atom is 0.245 e. The Hall–Kier alpha value is 0.0569. The summed E-state index contributed by atoms with van der Waals surface area (Å²) in [6, 6.07) is 0. The third kappa shape index (κ3) is 6.45. The van der Waals surface area contributed by atoms with Crippen LogP contribution in [0.25, 0.3) is 0 Å². The Labute approximate surface area is 69.9 Å². The smallest absolute Gasteiger partial charge is 0.245 e. The van der Waals surface area contributed by atoms with E-state index >= 15 is 0 Å². The molecule has 0 aromatic carbocycles. The molecule has 0 unspecified atom stereocenters. The van der Waals surface area contributed by atoms with Crippen LogP contribution in [-0.4, -0.2) is 49.5 Å². The second-order valence-electron chi connectivity index (χ2n) is 2.00. The third-order valence-electron chi connectivity index (χ3n) is 1.04. The molecular formula is C6H15NO3Si. The van der Waals surface area contributed by atoms with Crippen molar-refractivity contribution in [3.8, 4) is 0 Å². The lowest BCUT2D eigenvalue weighted by Crippen LogP contribution is -2.28. The molecule has 0 spiro atoms. The van der Waals surface area contributed by atoms with E-state index in [4.69, 9.17) is 19.6 Å². The highest BCUT2D eigenvalue weighted by atomic mass is 28.2. The number of nitrogens with two attached hydrogens (primary N) is 1. The van der Waals surface area contributed by atoms with E-state index in [-0.39, 0.29) is 6.10 Å². The topological polar surface area (TPSA) is 53.7 Å². The van der Waals surface area contributed by atoms with Gasteiger partial charge in [0.05, 0.1) is 19.3 Å². The molecule has 66 valence electrons. The molecule has 0 saturated carbocycles. The average molecular weight is 177 g/mol. The van der Waals surface area contributed by atoms with Crippen molar-refractivity contribution in [2.24, 2.45) is 5.73 Å². The van der Waals surface area contributed by atoms with Crippen molar-refractivity contribution in [3.63, 3.8) is 0 Å². The molecule has 2 radical (unpaired) electrons. The van der Waals surface area contributed by atoms with E-state index in [0.29, 0.717) is 29.1 Å². The zero-order valence-electron chi connectivity index (χ0n) is 7.00. The van der Waals surface area contributed by atoms with Crippen molar-refractivity contribution in [1.82, 2.24) is 0 Å². The molecule has 4 nitrogen and oxygen atoms in total. The highest BCUT2D eigenvalue weighted by Gasteiger charge is 2.07. The summed E-state index contributed by atoms with van der Waals surface area (Å²) in [6.45, 7) is 1.11. The van der Waals surface area contributed by atoms with Crippen LogP contribution in [0, 0.1) is 0 Å². The molecule has 0 atom stereocenters. The van der Waals surface area contributed by atoms with Gasteiger partial charge in [0.25, 0.3) is 0 Å². The summed E-state index contributed by atoms with van der Waals surface area (Å²) in [5.74, 6) is 0. The van der Waals surface area contributed by atoms with E-state index in [1.165, 1.54) is 0 Å². The molecule has 11 heavy (non-hydrogen) atoms. The van der Waals surface area contributed by atoms with Gasteiger partial charge in [-0.2, -0.15) is 0 Å². The Morgan fingerprint density at radius 1 is 1.27 bits per heavy atom. The summed E-state index contributed by atoms with van der Waals surface area (Å²) in [7, 11) is 3.61. The number of ether oxygens (including phenoxy) is 2. The van der Waals surface area contributed by atoms with Gasteiger partial charge in [-0.1, -0.05) is 0 Å². The van der Waals surface area contributed by atoms with Gasteiger partial charge in [0, 0.05) is 20.4 Å². The van der Waals surface area contributed by atoms with Crippen molar-refractivity contribution in [1.29, 1.82) is 0 Å². The minimum absolute atomic E-state index is 0.0203. The van der Waals surface area contributed by atoms with E-state index in [9.17, 15) is 0 Å². The quantitative estimate of drug-likeness (QED) is 0.517. The second-order valence-corrected chi connectivity index (χ2v) is 2.93. The Balaban J connectivity index is 3.34. The predicted octanol–water partition coefficient (Wildman–Crippen LogP) is -0.800. The molecule has 0 aliphatic heterocycles. The maximum absolute atomic E-state index is 5.32. The maximum atomic E-state index is 5.32. The van der Waals surface area contributed by atoms with E-state index in [2.05, 4.69) is 0 Å². The van der Waals surface area contributed by atoms with Crippen LogP contribution in [0.1, 0.15) is 0 Å². The molecule has 0 aliphatic rings. The zero-order chi connectivity index (χ0) is 8.53. The molecule has 0 aromatic rings. The molecule has 0 amide bonds. The van der Waals surface area contributed by atoms with Gasteiger partial charge in [0.1, 0.15) is 0 Å². The minimum atomic E-state index is 0.0203. The molecule has 0 aliphatic carbocycles.